The van der Waals surface area contributed by atoms with Crippen molar-refractivity contribution in [1.82, 2.24) is 0 Å². The van der Waals surface area contributed by atoms with Gasteiger partial charge in [-0.15, -0.1) is 0 Å². The fraction of sp³-hybridized carbons (Fsp3) is 0.500. The highest BCUT2D eigenvalue weighted by Crippen LogP contribution is 2.31. The number of nitrogens with zero attached hydrogens (tertiary/aromatic N) is 1. The van der Waals surface area contributed by atoms with E-state index in [2.05, 4.69) is 11.4 Å². The van der Waals surface area contributed by atoms with Gasteiger partial charge in [-0.05, 0) is 25.0 Å². The fourth-order valence-corrected chi connectivity index (χ4v) is 2.62. The van der Waals surface area contributed by atoms with Gasteiger partial charge < -0.3 is 10.1 Å². The Morgan fingerprint density at radius 2 is 2.17 bits per heavy atom. The largest absolute Gasteiger partial charge is 0.495 e. The normalized spacial score (nSPS) is 23.2. The van der Waals surface area contributed by atoms with E-state index < -0.39 is 0 Å². The van der Waals surface area contributed by atoms with Gasteiger partial charge in [0.1, 0.15) is 5.75 Å². The number of halogens is 1. The minimum absolute atomic E-state index is 0.0976. The average Bonchev–Trinajstić information content (AvgIpc) is 2.41. The molecule has 0 radical (unpaired) electrons. The van der Waals surface area contributed by atoms with Crippen LogP contribution in [0.1, 0.15) is 25.7 Å². The zero-order valence-corrected chi connectivity index (χ0v) is 11.2. The Kier molecular flexibility index (Phi) is 4.33. The number of hydrogen-bond donors (Lipinski definition) is 1. The Morgan fingerprint density at radius 1 is 1.39 bits per heavy atom. The fourth-order valence-electron chi connectivity index (χ4n) is 2.42. The third-order valence-electron chi connectivity index (χ3n) is 3.43. The molecular weight excluding hydrogens is 248 g/mol. The average molecular weight is 265 g/mol. The van der Waals surface area contributed by atoms with Gasteiger partial charge in [-0.2, -0.15) is 5.26 Å². The van der Waals surface area contributed by atoms with Crippen molar-refractivity contribution in [2.45, 2.75) is 31.7 Å². The van der Waals surface area contributed by atoms with Gasteiger partial charge in [-0.1, -0.05) is 24.4 Å². The van der Waals surface area contributed by atoms with Gasteiger partial charge in [0, 0.05) is 17.8 Å². The summed E-state index contributed by atoms with van der Waals surface area (Å²) < 4.78 is 5.19. The van der Waals surface area contributed by atoms with E-state index in [-0.39, 0.29) is 12.0 Å². The summed E-state index contributed by atoms with van der Waals surface area (Å²) in [5.41, 5.74) is 0.961. The van der Waals surface area contributed by atoms with Crippen molar-refractivity contribution in [3.8, 4) is 11.8 Å². The maximum absolute atomic E-state index is 9.15. The van der Waals surface area contributed by atoms with E-state index >= 15 is 0 Å². The Labute approximate surface area is 113 Å². The van der Waals surface area contributed by atoms with Crippen molar-refractivity contribution in [2.75, 3.05) is 12.4 Å². The van der Waals surface area contributed by atoms with Crippen molar-refractivity contribution >= 4 is 17.3 Å². The summed E-state index contributed by atoms with van der Waals surface area (Å²) in [6.07, 6.45) is 4.36. The van der Waals surface area contributed by atoms with E-state index in [4.69, 9.17) is 21.6 Å². The minimum atomic E-state index is 0.0976. The lowest BCUT2D eigenvalue weighted by atomic mass is 9.85. The summed E-state index contributed by atoms with van der Waals surface area (Å²) in [5, 5.41) is 13.2. The second-order valence-corrected chi connectivity index (χ2v) is 5.03. The van der Waals surface area contributed by atoms with Crippen LogP contribution < -0.4 is 10.1 Å². The molecule has 0 amide bonds. The first-order valence-electron chi connectivity index (χ1n) is 6.24. The molecule has 1 aromatic rings. The second kappa shape index (κ2) is 5.97. The highest BCUT2D eigenvalue weighted by atomic mass is 35.5. The van der Waals surface area contributed by atoms with Crippen LogP contribution in [-0.4, -0.2) is 13.2 Å². The van der Waals surface area contributed by atoms with Crippen LogP contribution in [0.3, 0.4) is 0 Å². The van der Waals surface area contributed by atoms with Crippen molar-refractivity contribution in [3.63, 3.8) is 0 Å². The van der Waals surface area contributed by atoms with Crippen LogP contribution in [0.4, 0.5) is 5.69 Å². The molecule has 2 atom stereocenters. The number of rotatable bonds is 3. The number of nitrogens with one attached hydrogen (secondary N) is 1. The molecule has 1 aliphatic rings. The summed E-state index contributed by atoms with van der Waals surface area (Å²) in [4.78, 5) is 0. The van der Waals surface area contributed by atoms with E-state index in [1.54, 1.807) is 7.11 Å². The molecule has 1 saturated carbocycles. The van der Waals surface area contributed by atoms with Gasteiger partial charge in [0.2, 0.25) is 0 Å². The molecular formula is C14H17ClN2O. The van der Waals surface area contributed by atoms with Gasteiger partial charge in [0.05, 0.1) is 24.1 Å². The predicted molar refractivity (Wildman–Crippen MR) is 73.0 cm³/mol. The van der Waals surface area contributed by atoms with Gasteiger partial charge >= 0.3 is 0 Å². The van der Waals surface area contributed by atoms with Crippen molar-refractivity contribution in [1.29, 1.82) is 5.26 Å². The number of benzene rings is 1. The van der Waals surface area contributed by atoms with Crippen LogP contribution >= 0.6 is 11.6 Å². The highest BCUT2D eigenvalue weighted by molar-refractivity contribution is 6.32. The quantitative estimate of drug-likeness (QED) is 0.902. The van der Waals surface area contributed by atoms with Crippen LogP contribution in [-0.2, 0) is 0 Å². The van der Waals surface area contributed by atoms with Crippen LogP contribution in [0.15, 0.2) is 18.2 Å². The molecule has 2 rings (SSSR count). The van der Waals surface area contributed by atoms with Crippen molar-refractivity contribution in [2.24, 2.45) is 5.92 Å². The van der Waals surface area contributed by atoms with E-state index in [1.165, 1.54) is 6.42 Å². The lowest BCUT2D eigenvalue weighted by Gasteiger charge is -2.28. The first-order chi connectivity index (χ1) is 8.74. The van der Waals surface area contributed by atoms with Crippen LogP contribution in [0.5, 0.6) is 5.75 Å². The third kappa shape index (κ3) is 2.88. The Bertz CT molecular complexity index is 456. The molecule has 0 aromatic heterocycles. The molecule has 0 bridgehead atoms. The van der Waals surface area contributed by atoms with Crippen molar-refractivity contribution < 1.29 is 4.74 Å². The summed E-state index contributed by atoms with van der Waals surface area (Å²) in [5.74, 6) is 0.756. The third-order valence-corrected chi connectivity index (χ3v) is 3.75. The standard InChI is InChI=1S/C14H17ClN2O/c1-18-14-8-11(6-7-12(14)15)17-13-5-3-2-4-10(13)9-16/h6-8,10,13,17H,2-5H2,1H3. The predicted octanol–water partition coefficient (Wildman–Crippen LogP) is 3.84. The molecule has 1 aromatic carbocycles. The number of ether oxygens (including phenoxy) is 1. The first-order valence-corrected chi connectivity index (χ1v) is 6.62. The molecule has 2 unspecified atom stereocenters. The number of nitriles is 1. The Balaban J connectivity index is 2.10. The molecule has 3 nitrogen and oxygen atoms in total. The lowest BCUT2D eigenvalue weighted by Crippen LogP contribution is -2.31. The Morgan fingerprint density at radius 3 is 2.89 bits per heavy atom. The molecule has 96 valence electrons. The topological polar surface area (TPSA) is 45.0 Å². The maximum atomic E-state index is 9.15. The number of methoxy groups -OCH3 is 1. The number of anilines is 1. The maximum Gasteiger partial charge on any atom is 0.139 e. The monoisotopic (exact) mass is 264 g/mol. The molecule has 0 aliphatic heterocycles. The van der Waals surface area contributed by atoms with Gasteiger partial charge in [0.25, 0.3) is 0 Å². The molecule has 1 N–H and O–H groups in total. The molecule has 18 heavy (non-hydrogen) atoms. The van der Waals surface area contributed by atoms with Crippen molar-refractivity contribution in [3.05, 3.63) is 23.2 Å². The first kappa shape index (κ1) is 13.0. The number of hydrogen-bond acceptors (Lipinski definition) is 3. The molecule has 1 fully saturated rings. The van der Waals surface area contributed by atoms with E-state index in [1.807, 2.05) is 18.2 Å². The van der Waals surface area contributed by atoms with Crippen LogP contribution in [0, 0.1) is 17.2 Å². The summed E-state index contributed by atoms with van der Waals surface area (Å²) in [7, 11) is 1.60. The SMILES string of the molecule is COc1cc(NC2CCCCC2C#N)ccc1Cl. The van der Waals surface area contributed by atoms with E-state index in [0.717, 1.165) is 24.9 Å². The highest BCUT2D eigenvalue weighted by Gasteiger charge is 2.24. The second-order valence-electron chi connectivity index (χ2n) is 4.62. The summed E-state index contributed by atoms with van der Waals surface area (Å²) >= 11 is 5.99. The molecule has 0 spiro atoms. The van der Waals surface area contributed by atoms with E-state index in [0.29, 0.717) is 10.8 Å². The zero-order chi connectivity index (χ0) is 13.0. The minimum Gasteiger partial charge on any atom is -0.495 e. The molecule has 0 saturated heterocycles. The Hall–Kier alpha value is -1.40. The molecule has 4 heteroatoms. The van der Waals surface area contributed by atoms with Gasteiger partial charge in [-0.25, -0.2) is 0 Å². The smallest absolute Gasteiger partial charge is 0.139 e. The van der Waals surface area contributed by atoms with Gasteiger partial charge in [-0.3, -0.25) is 0 Å². The van der Waals surface area contributed by atoms with Gasteiger partial charge in [0.15, 0.2) is 0 Å². The van der Waals surface area contributed by atoms with E-state index in [9.17, 15) is 0 Å². The summed E-state index contributed by atoms with van der Waals surface area (Å²) in [6, 6.07) is 8.24. The van der Waals surface area contributed by atoms with Crippen LogP contribution in [0.25, 0.3) is 0 Å². The molecule has 0 heterocycles. The summed E-state index contributed by atoms with van der Waals surface area (Å²) in [6.45, 7) is 0. The van der Waals surface area contributed by atoms with Crippen LogP contribution in [0.2, 0.25) is 5.02 Å². The zero-order valence-electron chi connectivity index (χ0n) is 10.4. The lowest BCUT2D eigenvalue weighted by molar-refractivity contribution is 0.388. The molecule has 1 aliphatic carbocycles.